The Hall–Kier alpha value is -1.10. The Morgan fingerprint density at radius 3 is 2.57 bits per heavy atom. The molecule has 4 heteroatoms. The highest BCUT2D eigenvalue weighted by atomic mass is 16.5. The van der Waals surface area contributed by atoms with Crippen molar-refractivity contribution in [1.82, 2.24) is 15.1 Å². The summed E-state index contributed by atoms with van der Waals surface area (Å²) in [4.78, 5) is 4.93. The molecule has 1 heterocycles. The Bertz CT molecular complexity index is 388. The fourth-order valence-electron chi connectivity index (χ4n) is 2.55. The summed E-state index contributed by atoms with van der Waals surface area (Å²) in [5.41, 5.74) is 1.35. The SMILES string of the molecule is CCCOc1ccc(CN(C)CCN2CCNCC2)cc1. The van der Waals surface area contributed by atoms with Crippen molar-refractivity contribution in [2.24, 2.45) is 0 Å². The predicted molar refractivity (Wildman–Crippen MR) is 87.9 cm³/mol. The predicted octanol–water partition coefficient (Wildman–Crippen LogP) is 1.81. The van der Waals surface area contributed by atoms with Crippen LogP contribution in [0, 0.1) is 0 Å². The minimum atomic E-state index is 0.796. The van der Waals surface area contributed by atoms with Gasteiger partial charge in [0.1, 0.15) is 5.75 Å². The fourth-order valence-corrected chi connectivity index (χ4v) is 2.55. The van der Waals surface area contributed by atoms with Crippen LogP contribution in [0.3, 0.4) is 0 Å². The number of piperazine rings is 1. The van der Waals surface area contributed by atoms with Crippen molar-refractivity contribution in [3.05, 3.63) is 29.8 Å². The summed E-state index contributed by atoms with van der Waals surface area (Å²) in [6.07, 6.45) is 1.05. The molecular weight excluding hydrogens is 262 g/mol. The Kier molecular flexibility index (Phi) is 7.00. The van der Waals surface area contributed by atoms with Gasteiger partial charge in [0.25, 0.3) is 0 Å². The first kappa shape index (κ1) is 16.3. The summed E-state index contributed by atoms with van der Waals surface area (Å²) in [6.45, 7) is 10.8. The quantitative estimate of drug-likeness (QED) is 0.790. The highest BCUT2D eigenvalue weighted by Crippen LogP contribution is 2.13. The van der Waals surface area contributed by atoms with Gasteiger partial charge in [-0.3, -0.25) is 4.90 Å². The van der Waals surface area contributed by atoms with Crippen molar-refractivity contribution in [2.45, 2.75) is 19.9 Å². The zero-order valence-electron chi connectivity index (χ0n) is 13.5. The average Bonchev–Trinajstić information content (AvgIpc) is 2.53. The smallest absolute Gasteiger partial charge is 0.119 e. The zero-order valence-corrected chi connectivity index (χ0v) is 13.5. The summed E-state index contributed by atoms with van der Waals surface area (Å²) < 4.78 is 5.62. The van der Waals surface area contributed by atoms with E-state index in [-0.39, 0.29) is 0 Å². The summed E-state index contributed by atoms with van der Waals surface area (Å²) in [5, 5.41) is 3.39. The van der Waals surface area contributed by atoms with E-state index in [1.165, 1.54) is 18.7 Å². The van der Waals surface area contributed by atoms with Gasteiger partial charge in [-0.25, -0.2) is 0 Å². The zero-order chi connectivity index (χ0) is 14.9. The third kappa shape index (κ3) is 6.04. The van der Waals surface area contributed by atoms with Crippen LogP contribution in [0.5, 0.6) is 5.75 Å². The van der Waals surface area contributed by atoms with Gasteiger partial charge in [0, 0.05) is 45.8 Å². The molecule has 1 aromatic carbocycles. The molecule has 0 atom stereocenters. The first-order valence-corrected chi connectivity index (χ1v) is 8.11. The number of benzene rings is 1. The molecule has 0 unspecified atom stereocenters. The summed E-state index contributed by atoms with van der Waals surface area (Å²) in [7, 11) is 2.20. The molecule has 0 aliphatic carbocycles. The summed E-state index contributed by atoms with van der Waals surface area (Å²) in [6, 6.07) is 8.50. The van der Waals surface area contributed by atoms with Gasteiger partial charge < -0.3 is 15.0 Å². The molecule has 1 aliphatic heterocycles. The maximum Gasteiger partial charge on any atom is 0.119 e. The van der Waals surface area contributed by atoms with Crippen LogP contribution in [0.15, 0.2) is 24.3 Å². The van der Waals surface area contributed by atoms with Gasteiger partial charge in [-0.1, -0.05) is 19.1 Å². The molecule has 1 aliphatic rings. The number of hydrogen-bond acceptors (Lipinski definition) is 4. The van der Waals surface area contributed by atoms with Gasteiger partial charge >= 0.3 is 0 Å². The van der Waals surface area contributed by atoms with Crippen LogP contribution in [0.2, 0.25) is 0 Å². The van der Waals surface area contributed by atoms with Crippen molar-refractivity contribution < 1.29 is 4.74 Å². The van der Waals surface area contributed by atoms with E-state index in [9.17, 15) is 0 Å². The molecule has 0 amide bonds. The van der Waals surface area contributed by atoms with E-state index in [1.54, 1.807) is 0 Å². The Morgan fingerprint density at radius 1 is 1.19 bits per heavy atom. The highest BCUT2D eigenvalue weighted by Gasteiger charge is 2.10. The monoisotopic (exact) mass is 291 g/mol. The molecule has 0 bridgehead atoms. The number of likely N-dealkylation sites (N-methyl/N-ethyl adjacent to an activating group) is 1. The summed E-state index contributed by atoms with van der Waals surface area (Å²) >= 11 is 0. The number of nitrogens with zero attached hydrogens (tertiary/aromatic N) is 2. The van der Waals surface area contributed by atoms with Crippen LogP contribution in [-0.2, 0) is 6.54 Å². The normalized spacial score (nSPS) is 16.3. The molecule has 0 aromatic heterocycles. The first-order chi connectivity index (χ1) is 10.3. The van der Waals surface area contributed by atoms with E-state index in [0.29, 0.717) is 0 Å². The molecule has 1 fully saturated rings. The van der Waals surface area contributed by atoms with Gasteiger partial charge in [-0.05, 0) is 31.2 Å². The van der Waals surface area contributed by atoms with Gasteiger partial charge in [-0.15, -0.1) is 0 Å². The van der Waals surface area contributed by atoms with Crippen LogP contribution in [0.25, 0.3) is 0 Å². The topological polar surface area (TPSA) is 27.7 Å². The number of hydrogen-bond donors (Lipinski definition) is 1. The van der Waals surface area contributed by atoms with Crippen LogP contribution in [0.4, 0.5) is 0 Å². The highest BCUT2D eigenvalue weighted by molar-refractivity contribution is 5.27. The van der Waals surface area contributed by atoms with Gasteiger partial charge in [0.05, 0.1) is 6.61 Å². The lowest BCUT2D eigenvalue weighted by atomic mass is 10.2. The molecule has 21 heavy (non-hydrogen) atoms. The lowest BCUT2D eigenvalue weighted by molar-refractivity contribution is 0.202. The molecule has 1 N–H and O–H groups in total. The molecule has 0 radical (unpaired) electrons. The minimum absolute atomic E-state index is 0.796. The fraction of sp³-hybridized carbons (Fsp3) is 0.647. The maximum absolute atomic E-state index is 5.62. The van der Waals surface area contributed by atoms with Crippen LogP contribution >= 0.6 is 0 Å². The van der Waals surface area contributed by atoms with E-state index in [1.807, 2.05) is 0 Å². The minimum Gasteiger partial charge on any atom is -0.494 e. The Balaban J connectivity index is 1.70. The standard InChI is InChI=1S/C17H29N3O/c1-3-14-21-17-6-4-16(5-7-17)15-19(2)12-13-20-10-8-18-9-11-20/h4-7,18H,3,8-15H2,1-2H3. The van der Waals surface area contributed by atoms with E-state index in [2.05, 4.69) is 53.4 Å². The van der Waals surface area contributed by atoms with Gasteiger partial charge in [-0.2, -0.15) is 0 Å². The summed E-state index contributed by atoms with van der Waals surface area (Å²) in [5.74, 6) is 0.976. The largest absolute Gasteiger partial charge is 0.494 e. The third-order valence-corrected chi connectivity index (χ3v) is 3.86. The third-order valence-electron chi connectivity index (χ3n) is 3.86. The van der Waals surface area contributed by atoms with Crippen molar-refractivity contribution in [3.63, 3.8) is 0 Å². The molecular formula is C17H29N3O. The average molecular weight is 291 g/mol. The number of ether oxygens (including phenoxy) is 1. The molecule has 2 rings (SSSR count). The lowest BCUT2D eigenvalue weighted by Crippen LogP contribution is -2.45. The molecule has 0 spiro atoms. The molecule has 4 nitrogen and oxygen atoms in total. The van der Waals surface area contributed by atoms with Gasteiger partial charge in [0.2, 0.25) is 0 Å². The van der Waals surface area contributed by atoms with E-state index in [0.717, 1.165) is 51.5 Å². The van der Waals surface area contributed by atoms with Crippen LogP contribution in [-0.4, -0.2) is 62.7 Å². The Morgan fingerprint density at radius 2 is 1.90 bits per heavy atom. The number of nitrogens with one attached hydrogen (secondary N) is 1. The van der Waals surface area contributed by atoms with E-state index in [4.69, 9.17) is 4.74 Å². The van der Waals surface area contributed by atoms with Crippen molar-refractivity contribution >= 4 is 0 Å². The lowest BCUT2D eigenvalue weighted by Gasteiger charge is -2.29. The van der Waals surface area contributed by atoms with Crippen LogP contribution < -0.4 is 10.1 Å². The van der Waals surface area contributed by atoms with E-state index >= 15 is 0 Å². The van der Waals surface area contributed by atoms with Crippen molar-refractivity contribution in [2.75, 3.05) is 52.9 Å². The van der Waals surface area contributed by atoms with Crippen LogP contribution in [0.1, 0.15) is 18.9 Å². The van der Waals surface area contributed by atoms with Crippen molar-refractivity contribution in [1.29, 1.82) is 0 Å². The van der Waals surface area contributed by atoms with E-state index < -0.39 is 0 Å². The molecule has 0 saturated carbocycles. The molecule has 1 aromatic rings. The number of rotatable bonds is 8. The van der Waals surface area contributed by atoms with Gasteiger partial charge in [0.15, 0.2) is 0 Å². The van der Waals surface area contributed by atoms with Crippen molar-refractivity contribution in [3.8, 4) is 5.75 Å². The maximum atomic E-state index is 5.62. The second kappa shape index (κ2) is 9.03. The second-order valence-corrected chi connectivity index (χ2v) is 5.82. The Labute approximate surface area is 129 Å². The molecule has 118 valence electrons. The molecule has 1 saturated heterocycles. The first-order valence-electron chi connectivity index (χ1n) is 8.11. The second-order valence-electron chi connectivity index (χ2n) is 5.82.